The van der Waals surface area contributed by atoms with E-state index < -0.39 is 11.9 Å². The van der Waals surface area contributed by atoms with E-state index in [9.17, 15) is 19.5 Å². The molecule has 0 saturated carbocycles. The normalized spacial score (nSPS) is 11.6. The first-order valence-electron chi connectivity index (χ1n) is 11.0. The number of aryl methyl sites for hydroxylation is 1. The van der Waals surface area contributed by atoms with Crippen molar-refractivity contribution in [3.8, 4) is 0 Å². The SMILES string of the molecule is Cc1cccc(NC(=O)C(C)Sc2ccc(NC(=O)c3cccc4cccc(C(=O)O)c34)cc2)c1. The molecule has 0 fully saturated rings. The molecule has 3 N–H and O–H groups in total. The third-order valence-electron chi connectivity index (χ3n) is 5.46. The number of carbonyl (C=O) groups excluding carboxylic acids is 2. The van der Waals surface area contributed by atoms with Gasteiger partial charge in [-0.1, -0.05) is 36.4 Å². The third kappa shape index (κ3) is 5.70. The predicted molar refractivity (Wildman–Crippen MR) is 140 cm³/mol. The lowest BCUT2D eigenvalue weighted by molar-refractivity contribution is -0.115. The fraction of sp³-hybridized carbons (Fsp3) is 0.107. The molecule has 0 aromatic heterocycles. The van der Waals surface area contributed by atoms with Gasteiger partial charge in [0.1, 0.15) is 0 Å². The number of carboxylic acids is 1. The summed E-state index contributed by atoms with van der Waals surface area (Å²) in [6, 6.07) is 24.9. The first kappa shape index (κ1) is 24.0. The van der Waals surface area contributed by atoms with Crippen molar-refractivity contribution in [3.63, 3.8) is 0 Å². The molecule has 4 rings (SSSR count). The largest absolute Gasteiger partial charge is 0.478 e. The molecule has 0 radical (unpaired) electrons. The molecule has 176 valence electrons. The summed E-state index contributed by atoms with van der Waals surface area (Å²) in [5, 5.41) is 16.1. The van der Waals surface area contributed by atoms with Crippen LogP contribution in [0, 0.1) is 6.92 Å². The quantitative estimate of drug-likeness (QED) is 0.271. The molecule has 0 saturated heterocycles. The van der Waals surface area contributed by atoms with E-state index in [4.69, 9.17) is 0 Å². The van der Waals surface area contributed by atoms with Gasteiger partial charge in [-0.25, -0.2) is 4.79 Å². The van der Waals surface area contributed by atoms with Crippen molar-refractivity contribution in [1.29, 1.82) is 0 Å². The van der Waals surface area contributed by atoms with Crippen LogP contribution in [0.4, 0.5) is 11.4 Å². The number of hydrogen-bond acceptors (Lipinski definition) is 4. The molecular formula is C28H24N2O4S. The van der Waals surface area contributed by atoms with Crippen LogP contribution in [0.15, 0.2) is 89.8 Å². The van der Waals surface area contributed by atoms with Gasteiger partial charge >= 0.3 is 5.97 Å². The predicted octanol–water partition coefficient (Wildman–Crippen LogP) is 6.22. The number of benzene rings is 4. The van der Waals surface area contributed by atoms with E-state index >= 15 is 0 Å². The zero-order valence-corrected chi connectivity index (χ0v) is 20.1. The van der Waals surface area contributed by atoms with Gasteiger partial charge in [0.05, 0.1) is 10.8 Å². The Kier molecular flexibility index (Phi) is 7.17. The van der Waals surface area contributed by atoms with Crippen LogP contribution in [0.3, 0.4) is 0 Å². The van der Waals surface area contributed by atoms with Crippen LogP contribution >= 0.6 is 11.8 Å². The minimum absolute atomic E-state index is 0.0814. The number of thioether (sulfide) groups is 1. The minimum atomic E-state index is -1.09. The van der Waals surface area contributed by atoms with Crippen LogP contribution in [0.25, 0.3) is 10.8 Å². The Morgan fingerprint density at radius 3 is 2.11 bits per heavy atom. The standard InChI is InChI=1S/C28H24N2O4S/c1-17-6-3-9-21(16-17)30-26(31)18(2)35-22-14-12-20(13-15-22)29-27(32)23-10-4-7-19-8-5-11-24(25(19)23)28(33)34/h3-16,18H,1-2H3,(H,29,32)(H,30,31)(H,33,34). The minimum Gasteiger partial charge on any atom is -0.478 e. The van der Waals surface area contributed by atoms with Gasteiger partial charge in [0.15, 0.2) is 0 Å². The average Bonchev–Trinajstić information content (AvgIpc) is 2.84. The number of amides is 2. The van der Waals surface area contributed by atoms with Gasteiger partial charge in [0.2, 0.25) is 5.91 Å². The highest BCUT2D eigenvalue weighted by atomic mass is 32.2. The Morgan fingerprint density at radius 2 is 1.46 bits per heavy atom. The van der Waals surface area contributed by atoms with E-state index in [1.165, 1.54) is 17.8 Å². The van der Waals surface area contributed by atoms with E-state index in [1.54, 1.807) is 42.5 Å². The second-order valence-corrected chi connectivity index (χ2v) is 9.53. The summed E-state index contributed by atoms with van der Waals surface area (Å²) in [5.74, 6) is -1.57. The van der Waals surface area contributed by atoms with Crippen LogP contribution in [0.2, 0.25) is 0 Å². The Hall–Kier alpha value is -4.10. The van der Waals surface area contributed by atoms with Crippen LogP contribution < -0.4 is 10.6 Å². The summed E-state index contributed by atoms with van der Waals surface area (Å²) in [7, 11) is 0. The maximum absolute atomic E-state index is 13.0. The second kappa shape index (κ2) is 10.4. The monoisotopic (exact) mass is 484 g/mol. The third-order valence-corrected chi connectivity index (χ3v) is 6.57. The van der Waals surface area contributed by atoms with Crippen molar-refractivity contribution in [2.24, 2.45) is 0 Å². The molecule has 7 heteroatoms. The first-order chi connectivity index (χ1) is 16.8. The second-order valence-electron chi connectivity index (χ2n) is 8.11. The van der Waals surface area contributed by atoms with E-state index in [0.29, 0.717) is 22.0 Å². The van der Waals surface area contributed by atoms with Gasteiger partial charge in [0.25, 0.3) is 5.91 Å². The number of anilines is 2. The topological polar surface area (TPSA) is 95.5 Å². The van der Waals surface area contributed by atoms with E-state index in [-0.39, 0.29) is 16.7 Å². The van der Waals surface area contributed by atoms with Gasteiger partial charge in [-0.05, 0) is 73.3 Å². The maximum atomic E-state index is 13.0. The average molecular weight is 485 g/mol. The molecule has 0 bridgehead atoms. The fourth-order valence-corrected chi connectivity index (χ4v) is 4.62. The Balaban J connectivity index is 1.44. The first-order valence-corrected chi connectivity index (χ1v) is 11.9. The van der Waals surface area contributed by atoms with E-state index in [1.807, 2.05) is 50.2 Å². The lowest BCUT2D eigenvalue weighted by Crippen LogP contribution is -2.22. The number of hydrogen-bond donors (Lipinski definition) is 3. The van der Waals surface area contributed by atoms with E-state index in [0.717, 1.165) is 16.1 Å². The zero-order chi connectivity index (χ0) is 24.9. The number of rotatable bonds is 7. The summed E-state index contributed by atoms with van der Waals surface area (Å²) in [4.78, 5) is 38.1. The molecule has 0 aliphatic rings. The summed E-state index contributed by atoms with van der Waals surface area (Å²) < 4.78 is 0. The van der Waals surface area contributed by atoms with Crippen LogP contribution in [-0.2, 0) is 4.79 Å². The molecule has 4 aromatic rings. The molecule has 4 aromatic carbocycles. The van der Waals surface area contributed by atoms with Gasteiger partial charge in [0, 0.05) is 27.2 Å². The molecule has 0 heterocycles. The van der Waals surface area contributed by atoms with Crippen molar-refractivity contribution in [2.75, 3.05) is 10.6 Å². The van der Waals surface area contributed by atoms with Gasteiger partial charge in [-0.3, -0.25) is 9.59 Å². The molecule has 1 atom stereocenters. The lowest BCUT2D eigenvalue weighted by Gasteiger charge is -2.13. The smallest absolute Gasteiger partial charge is 0.336 e. The molecule has 2 amide bonds. The van der Waals surface area contributed by atoms with Crippen LogP contribution in [0.1, 0.15) is 33.2 Å². The summed E-state index contributed by atoms with van der Waals surface area (Å²) in [6.45, 7) is 3.81. The number of nitrogens with one attached hydrogen (secondary N) is 2. The van der Waals surface area contributed by atoms with Gasteiger partial charge in [-0.2, -0.15) is 0 Å². The van der Waals surface area contributed by atoms with Crippen molar-refractivity contribution in [2.45, 2.75) is 24.0 Å². The van der Waals surface area contributed by atoms with Crippen molar-refractivity contribution >= 4 is 51.7 Å². The van der Waals surface area contributed by atoms with Crippen molar-refractivity contribution in [1.82, 2.24) is 0 Å². The fourth-order valence-electron chi connectivity index (χ4n) is 3.75. The Morgan fingerprint density at radius 1 is 0.800 bits per heavy atom. The summed E-state index contributed by atoms with van der Waals surface area (Å²) in [5.41, 5.74) is 2.78. The molecule has 0 aliphatic heterocycles. The Bertz CT molecular complexity index is 1410. The van der Waals surface area contributed by atoms with Crippen LogP contribution in [-0.4, -0.2) is 28.1 Å². The zero-order valence-electron chi connectivity index (χ0n) is 19.2. The highest BCUT2D eigenvalue weighted by Crippen LogP contribution is 2.27. The van der Waals surface area contributed by atoms with Gasteiger partial charge < -0.3 is 15.7 Å². The summed E-state index contributed by atoms with van der Waals surface area (Å²) >= 11 is 1.42. The van der Waals surface area contributed by atoms with Crippen molar-refractivity contribution in [3.05, 3.63) is 102 Å². The molecule has 0 aliphatic carbocycles. The summed E-state index contributed by atoms with van der Waals surface area (Å²) in [6.07, 6.45) is 0. The molecule has 1 unspecified atom stereocenters. The number of carbonyl (C=O) groups is 3. The van der Waals surface area contributed by atoms with Crippen LogP contribution in [0.5, 0.6) is 0 Å². The maximum Gasteiger partial charge on any atom is 0.336 e. The molecule has 0 spiro atoms. The van der Waals surface area contributed by atoms with Crippen molar-refractivity contribution < 1.29 is 19.5 Å². The molecule has 6 nitrogen and oxygen atoms in total. The van der Waals surface area contributed by atoms with Gasteiger partial charge in [-0.15, -0.1) is 11.8 Å². The van der Waals surface area contributed by atoms with E-state index in [2.05, 4.69) is 10.6 Å². The lowest BCUT2D eigenvalue weighted by atomic mass is 9.98. The molecular weight excluding hydrogens is 460 g/mol. The highest BCUT2D eigenvalue weighted by molar-refractivity contribution is 8.00. The number of carboxylic acid groups (broad SMARTS) is 1. The highest BCUT2D eigenvalue weighted by Gasteiger charge is 2.17. The molecule has 35 heavy (non-hydrogen) atoms. The number of fused-ring (bicyclic) bond motifs is 1. The Labute approximate surface area is 207 Å². The number of aromatic carboxylic acids is 1.